The number of nitrogens with one attached hydrogen (secondary N) is 1. The number of nitrogens with zero attached hydrogens (tertiary/aromatic N) is 2. The number of rotatable bonds is 7. The Morgan fingerprint density at radius 3 is 2.03 bits per heavy atom. The smallest absolute Gasteiger partial charge is 0.261 e. The second-order valence-corrected chi connectivity index (χ2v) is 9.16. The Balaban J connectivity index is 1.57. The minimum atomic E-state index is -3.70. The van der Waals surface area contributed by atoms with Gasteiger partial charge in [-0.25, -0.2) is 8.42 Å². The van der Waals surface area contributed by atoms with Gasteiger partial charge in [0.2, 0.25) is 0 Å². The molecule has 1 unspecified atom stereocenters. The van der Waals surface area contributed by atoms with Crippen molar-refractivity contribution in [3.63, 3.8) is 0 Å². The molecule has 1 amide bonds. The van der Waals surface area contributed by atoms with Crippen LogP contribution in [0.1, 0.15) is 27.7 Å². The van der Waals surface area contributed by atoms with Gasteiger partial charge in [0.1, 0.15) is 0 Å². The summed E-state index contributed by atoms with van der Waals surface area (Å²) in [6, 6.07) is 29.5. The lowest BCUT2D eigenvalue weighted by Crippen LogP contribution is -2.32. The van der Waals surface area contributed by atoms with Crippen LogP contribution in [-0.2, 0) is 10.0 Å². The first kappa shape index (κ1) is 22.2. The molecule has 1 N–H and O–H groups in total. The predicted octanol–water partition coefficient (Wildman–Crippen LogP) is 4.74. The Hall–Kier alpha value is -3.97. The molecule has 0 aliphatic carbocycles. The number of benzene rings is 3. The lowest BCUT2D eigenvalue weighted by molar-refractivity contribution is 0.0752. The van der Waals surface area contributed by atoms with Crippen LogP contribution in [0, 0.1) is 0 Å². The summed E-state index contributed by atoms with van der Waals surface area (Å²) in [6.45, 7) is 0. The Labute approximate surface area is 193 Å². The molecule has 1 aromatic heterocycles. The molecule has 7 heteroatoms. The summed E-state index contributed by atoms with van der Waals surface area (Å²) in [4.78, 5) is 19.6. The minimum Gasteiger partial charge on any atom is -0.329 e. The lowest BCUT2D eigenvalue weighted by Gasteiger charge is -2.28. The van der Waals surface area contributed by atoms with Crippen molar-refractivity contribution in [1.82, 2.24) is 9.88 Å². The van der Waals surface area contributed by atoms with Crippen LogP contribution in [0.15, 0.2) is 114 Å². The van der Waals surface area contributed by atoms with Crippen molar-refractivity contribution in [2.24, 2.45) is 0 Å². The highest BCUT2D eigenvalue weighted by atomic mass is 32.2. The number of hydrogen-bond donors (Lipinski definition) is 1. The molecule has 3 aromatic carbocycles. The van der Waals surface area contributed by atoms with E-state index in [2.05, 4.69) is 9.71 Å². The molecule has 1 heterocycles. The quantitative estimate of drug-likeness (QED) is 0.435. The maximum atomic E-state index is 13.3. The van der Waals surface area contributed by atoms with Crippen LogP contribution in [0.25, 0.3) is 0 Å². The number of carbonyl (C=O) groups is 1. The fourth-order valence-corrected chi connectivity index (χ4v) is 4.66. The first-order chi connectivity index (χ1) is 16.0. The van der Waals surface area contributed by atoms with Crippen molar-refractivity contribution in [3.8, 4) is 0 Å². The van der Waals surface area contributed by atoms with Crippen LogP contribution in [0.2, 0.25) is 0 Å². The summed E-state index contributed by atoms with van der Waals surface area (Å²) in [5, 5.41) is 0. The van der Waals surface area contributed by atoms with E-state index in [9.17, 15) is 13.2 Å². The minimum absolute atomic E-state index is 0.172. The first-order valence-corrected chi connectivity index (χ1v) is 11.8. The Morgan fingerprint density at radius 2 is 1.42 bits per heavy atom. The van der Waals surface area contributed by atoms with Gasteiger partial charge in [-0.2, -0.15) is 0 Å². The molecule has 0 bridgehead atoms. The second kappa shape index (κ2) is 9.67. The molecule has 4 aromatic rings. The van der Waals surface area contributed by atoms with E-state index >= 15 is 0 Å². The van der Waals surface area contributed by atoms with Gasteiger partial charge < -0.3 is 4.90 Å². The van der Waals surface area contributed by atoms with Gasteiger partial charge >= 0.3 is 0 Å². The van der Waals surface area contributed by atoms with Crippen molar-refractivity contribution in [2.75, 3.05) is 11.8 Å². The summed E-state index contributed by atoms with van der Waals surface area (Å²) < 4.78 is 27.6. The summed E-state index contributed by atoms with van der Waals surface area (Å²) in [5.74, 6) is -0.202. The monoisotopic (exact) mass is 457 g/mol. The summed E-state index contributed by atoms with van der Waals surface area (Å²) in [6.07, 6.45) is 1.71. The maximum absolute atomic E-state index is 13.3. The summed E-state index contributed by atoms with van der Waals surface area (Å²) >= 11 is 0. The van der Waals surface area contributed by atoms with Crippen LogP contribution in [-0.4, -0.2) is 31.3 Å². The molecule has 4 rings (SSSR count). The van der Waals surface area contributed by atoms with Crippen LogP contribution in [0.5, 0.6) is 0 Å². The van der Waals surface area contributed by atoms with Crippen LogP contribution >= 0.6 is 0 Å². The predicted molar refractivity (Wildman–Crippen MR) is 128 cm³/mol. The normalized spacial score (nSPS) is 12.0. The maximum Gasteiger partial charge on any atom is 0.261 e. The van der Waals surface area contributed by atoms with Gasteiger partial charge in [0, 0.05) is 24.5 Å². The molecule has 0 fully saturated rings. The van der Waals surface area contributed by atoms with Gasteiger partial charge in [0.15, 0.2) is 0 Å². The average molecular weight is 458 g/mol. The number of carbonyl (C=O) groups excluding carboxylic acids is 1. The highest BCUT2D eigenvalue weighted by Crippen LogP contribution is 2.28. The summed E-state index contributed by atoms with van der Waals surface area (Å²) in [7, 11) is -1.97. The molecule has 0 saturated heterocycles. The highest BCUT2D eigenvalue weighted by molar-refractivity contribution is 7.92. The SMILES string of the molecule is CN(C(=O)c1ccc(NS(=O)(=O)c2ccccc2)cc1)C(c1ccccc1)c1ccccn1. The third-order valence-electron chi connectivity index (χ3n) is 5.23. The molecule has 166 valence electrons. The van der Waals surface area contributed by atoms with E-state index in [1.54, 1.807) is 60.6 Å². The zero-order valence-corrected chi connectivity index (χ0v) is 18.8. The lowest BCUT2D eigenvalue weighted by atomic mass is 10.0. The molecule has 33 heavy (non-hydrogen) atoms. The highest BCUT2D eigenvalue weighted by Gasteiger charge is 2.25. The van der Waals surface area contributed by atoms with Crippen molar-refractivity contribution >= 4 is 21.6 Å². The molecule has 0 radical (unpaired) electrons. The number of aromatic nitrogens is 1. The number of hydrogen-bond acceptors (Lipinski definition) is 4. The van der Waals surface area contributed by atoms with E-state index < -0.39 is 10.0 Å². The molecule has 6 nitrogen and oxygen atoms in total. The van der Waals surface area contributed by atoms with Gasteiger partial charge in [0.05, 0.1) is 16.6 Å². The largest absolute Gasteiger partial charge is 0.329 e. The van der Waals surface area contributed by atoms with E-state index in [-0.39, 0.29) is 16.8 Å². The van der Waals surface area contributed by atoms with Crippen LogP contribution in [0.4, 0.5) is 5.69 Å². The van der Waals surface area contributed by atoms with E-state index in [1.165, 1.54) is 12.1 Å². The van der Waals surface area contributed by atoms with Gasteiger partial charge in [-0.15, -0.1) is 0 Å². The molecule has 0 aliphatic heterocycles. The molecular weight excluding hydrogens is 434 g/mol. The Morgan fingerprint density at radius 1 is 0.818 bits per heavy atom. The Kier molecular flexibility index (Phi) is 6.51. The molecular formula is C26H23N3O3S. The van der Waals surface area contributed by atoms with Crippen molar-refractivity contribution < 1.29 is 13.2 Å². The number of pyridine rings is 1. The average Bonchev–Trinajstić information content (AvgIpc) is 2.86. The van der Waals surface area contributed by atoms with Gasteiger partial charge in [-0.1, -0.05) is 54.6 Å². The van der Waals surface area contributed by atoms with E-state index in [0.717, 1.165) is 11.3 Å². The molecule has 0 spiro atoms. The first-order valence-electron chi connectivity index (χ1n) is 10.4. The number of amides is 1. The van der Waals surface area contributed by atoms with Gasteiger partial charge in [-0.3, -0.25) is 14.5 Å². The zero-order valence-electron chi connectivity index (χ0n) is 18.0. The van der Waals surface area contributed by atoms with Crippen LogP contribution < -0.4 is 4.72 Å². The topological polar surface area (TPSA) is 79.4 Å². The van der Waals surface area contributed by atoms with Crippen LogP contribution in [0.3, 0.4) is 0 Å². The second-order valence-electron chi connectivity index (χ2n) is 7.48. The van der Waals surface area contributed by atoms with Crippen molar-refractivity contribution in [1.29, 1.82) is 0 Å². The van der Waals surface area contributed by atoms with E-state index in [0.29, 0.717) is 11.3 Å². The third kappa shape index (κ3) is 5.10. The molecule has 0 aliphatic rings. The van der Waals surface area contributed by atoms with Crippen molar-refractivity contribution in [3.05, 3.63) is 126 Å². The van der Waals surface area contributed by atoms with Gasteiger partial charge in [0.25, 0.3) is 15.9 Å². The standard InChI is InChI=1S/C26H23N3O3S/c1-29(25(20-10-4-2-5-11-20)24-14-8-9-19-27-24)26(30)21-15-17-22(18-16-21)28-33(31,32)23-12-6-3-7-13-23/h2-19,25,28H,1H3. The molecule has 1 atom stereocenters. The fraction of sp³-hybridized carbons (Fsp3) is 0.0769. The third-order valence-corrected chi connectivity index (χ3v) is 6.63. The fourth-order valence-electron chi connectivity index (χ4n) is 3.58. The van der Waals surface area contributed by atoms with E-state index in [1.807, 2.05) is 48.5 Å². The number of sulfonamides is 1. The van der Waals surface area contributed by atoms with Gasteiger partial charge in [-0.05, 0) is 54.1 Å². The van der Waals surface area contributed by atoms with E-state index in [4.69, 9.17) is 0 Å². The van der Waals surface area contributed by atoms with Crippen molar-refractivity contribution in [2.45, 2.75) is 10.9 Å². The number of anilines is 1. The molecule has 0 saturated carbocycles. The Bertz CT molecular complexity index is 1270. The summed E-state index contributed by atoms with van der Waals surface area (Å²) in [5.41, 5.74) is 2.52. The zero-order chi connectivity index (χ0) is 23.3.